The van der Waals surface area contributed by atoms with Gasteiger partial charge >= 0.3 is 0 Å². The summed E-state index contributed by atoms with van der Waals surface area (Å²) in [5.74, 6) is -0.518. The number of hydrogen-bond donors (Lipinski definition) is 1. The molecule has 2 amide bonds. The number of anilines is 1. The summed E-state index contributed by atoms with van der Waals surface area (Å²) in [6.07, 6.45) is 6.54. The number of carbonyl (C=O) groups is 2. The number of halogens is 1. The molecule has 1 saturated carbocycles. The smallest absolute Gasteiger partial charge is 0.254 e. The van der Waals surface area contributed by atoms with E-state index in [4.69, 9.17) is 4.74 Å². The van der Waals surface area contributed by atoms with Crippen LogP contribution in [0, 0.1) is 5.82 Å². The lowest BCUT2D eigenvalue weighted by molar-refractivity contribution is -0.124. The van der Waals surface area contributed by atoms with Crippen LogP contribution in [0.4, 0.5) is 10.1 Å². The van der Waals surface area contributed by atoms with E-state index in [0.29, 0.717) is 24.4 Å². The molecule has 6 heteroatoms. The molecule has 31 heavy (non-hydrogen) atoms. The first-order chi connectivity index (χ1) is 15.1. The van der Waals surface area contributed by atoms with Crippen molar-refractivity contribution in [3.8, 4) is 0 Å². The summed E-state index contributed by atoms with van der Waals surface area (Å²) >= 11 is 0. The monoisotopic (exact) mass is 424 g/mol. The number of nitrogens with one attached hydrogen (secondary N) is 1. The molecule has 2 aromatic carbocycles. The van der Waals surface area contributed by atoms with E-state index in [1.54, 1.807) is 36.4 Å². The Morgan fingerprint density at radius 2 is 1.77 bits per heavy atom. The van der Waals surface area contributed by atoms with Crippen LogP contribution in [0.1, 0.15) is 60.9 Å². The van der Waals surface area contributed by atoms with E-state index in [9.17, 15) is 14.0 Å². The van der Waals surface area contributed by atoms with Gasteiger partial charge in [0, 0.05) is 30.4 Å². The van der Waals surface area contributed by atoms with Gasteiger partial charge in [0.1, 0.15) is 11.9 Å². The average molecular weight is 425 g/mol. The number of rotatable bonds is 6. The van der Waals surface area contributed by atoms with E-state index in [1.807, 2.05) is 4.90 Å². The zero-order valence-electron chi connectivity index (χ0n) is 17.7. The molecule has 1 unspecified atom stereocenters. The molecule has 1 atom stereocenters. The SMILES string of the molecule is O=C(Nc1cccc(C(=O)N(Cc2ccc(F)cc2)C2CCCCC2)c1)C1CCCO1. The molecule has 164 valence electrons. The van der Waals surface area contributed by atoms with Crippen molar-refractivity contribution >= 4 is 17.5 Å². The predicted octanol–water partition coefficient (Wildman–Crippen LogP) is 4.92. The van der Waals surface area contributed by atoms with E-state index in [0.717, 1.165) is 44.1 Å². The van der Waals surface area contributed by atoms with Crippen molar-refractivity contribution in [1.29, 1.82) is 0 Å². The zero-order valence-corrected chi connectivity index (χ0v) is 17.7. The molecule has 0 aromatic heterocycles. The van der Waals surface area contributed by atoms with Crippen LogP contribution in [-0.4, -0.2) is 35.5 Å². The third-order valence-electron chi connectivity index (χ3n) is 6.14. The van der Waals surface area contributed by atoms with Crippen LogP contribution < -0.4 is 5.32 Å². The largest absolute Gasteiger partial charge is 0.368 e. The topological polar surface area (TPSA) is 58.6 Å². The van der Waals surface area contributed by atoms with Crippen molar-refractivity contribution in [2.24, 2.45) is 0 Å². The van der Waals surface area contributed by atoms with E-state index < -0.39 is 6.10 Å². The van der Waals surface area contributed by atoms with Crippen molar-refractivity contribution < 1.29 is 18.7 Å². The van der Waals surface area contributed by atoms with Gasteiger partial charge in [-0.25, -0.2) is 4.39 Å². The fourth-order valence-electron chi connectivity index (χ4n) is 4.45. The third-order valence-corrected chi connectivity index (χ3v) is 6.14. The van der Waals surface area contributed by atoms with E-state index in [-0.39, 0.29) is 23.7 Å². The summed E-state index contributed by atoms with van der Waals surface area (Å²) in [5, 5.41) is 2.88. The Morgan fingerprint density at radius 3 is 2.48 bits per heavy atom. The number of hydrogen-bond acceptors (Lipinski definition) is 3. The molecule has 2 fully saturated rings. The minimum Gasteiger partial charge on any atom is -0.368 e. The van der Waals surface area contributed by atoms with Gasteiger partial charge in [-0.2, -0.15) is 0 Å². The van der Waals surface area contributed by atoms with Gasteiger partial charge in [-0.3, -0.25) is 9.59 Å². The maximum atomic E-state index is 13.5. The first kappa shape index (κ1) is 21.5. The molecule has 1 saturated heterocycles. The Balaban J connectivity index is 1.52. The second-order valence-electron chi connectivity index (χ2n) is 8.42. The minimum atomic E-state index is -0.420. The van der Waals surface area contributed by atoms with Crippen LogP contribution in [0.25, 0.3) is 0 Å². The maximum Gasteiger partial charge on any atom is 0.254 e. The molecule has 1 aliphatic carbocycles. The van der Waals surface area contributed by atoms with Crippen molar-refractivity contribution in [3.63, 3.8) is 0 Å². The molecule has 4 rings (SSSR count). The second-order valence-corrected chi connectivity index (χ2v) is 8.42. The number of ether oxygens (including phenoxy) is 1. The third kappa shape index (κ3) is 5.50. The minimum absolute atomic E-state index is 0.0653. The molecule has 1 aliphatic heterocycles. The van der Waals surface area contributed by atoms with Crippen LogP contribution in [0.5, 0.6) is 0 Å². The number of amides is 2. The van der Waals surface area contributed by atoms with Gasteiger partial charge in [-0.05, 0) is 61.6 Å². The molecule has 0 bridgehead atoms. The quantitative estimate of drug-likeness (QED) is 0.716. The summed E-state index contributed by atoms with van der Waals surface area (Å²) < 4.78 is 18.8. The van der Waals surface area contributed by atoms with Crippen LogP contribution in [0.3, 0.4) is 0 Å². The van der Waals surface area contributed by atoms with Crippen molar-refractivity contribution in [1.82, 2.24) is 4.90 Å². The van der Waals surface area contributed by atoms with Gasteiger partial charge in [-0.1, -0.05) is 37.5 Å². The number of carbonyl (C=O) groups excluding carboxylic acids is 2. The summed E-state index contributed by atoms with van der Waals surface area (Å²) in [4.78, 5) is 27.8. The van der Waals surface area contributed by atoms with Gasteiger partial charge in [0.15, 0.2) is 0 Å². The molecular weight excluding hydrogens is 395 g/mol. The van der Waals surface area contributed by atoms with Gasteiger partial charge in [-0.15, -0.1) is 0 Å². The molecule has 1 heterocycles. The van der Waals surface area contributed by atoms with Crippen LogP contribution in [0.15, 0.2) is 48.5 Å². The van der Waals surface area contributed by atoms with E-state index in [1.165, 1.54) is 18.6 Å². The molecular formula is C25H29FN2O3. The number of benzene rings is 2. The van der Waals surface area contributed by atoms with Gasteiger partial charge < -0.3 is 15.0 Å². The van der Waals surface area contributed by atoms with Crippen LogP contribution in [0.2, 0.25) is 0 Å². The first-order valence-corrected chi connectivity index (χ1v) is 11.2. The molecule has 5 nitrogen and oxygen atoms in total. The lowest BCUT2D eigenvalue weighted by Crippen LogP contribution is -2.41. The van der Waals surface area contributed by atoms with Gasteiger partial charge in [0.05, 0.1) is 0 Å². The second kappa shape index (κ2) is 10.1. The maximum absolute atomic E-state index is 13.5. The Kier molecular flexibility index (Phi) is 6.97. The normalized spacial score (nSPS) is 19.2. The molecule has 1 N–H and O–H groups in total. The summed E-state index contributed by atoms with van der Waals surface area (Å²) in [5.41, 5.74) is 2.04. The highest BCUT2D eigenvalue weighted by molar-refractivity contribution is 5.98. The fourth-order valence-corrected chi connectivity index (χ4v) is 4.45. The summed E-state index contributed by atoms with van der Waals surface area (Å²) in [7, 11) is 0. The molecule has 0 spiro atoms. The highest BCUT2D eigenvalue weighted by Crippen LogP contribution is 2.26. The number of nitrogens with zero attached hydrogens (tertiary/aromatic N) is 1. The summed E-state index contributed by atoms with van der Waals surface area (Å²) in [6.45, 7) is 1.05. The average Bonchev–Trinajstić information content (AvgIpc) is 3.34. The van der Waals surface area contributed by atoms with E-state index in [2.05, 4.69) is 5.32 Å². The molecule has 2 aromatic rings. The first-order valence-electron chi connectivity index (χ1n) is 11.2. The Morgan fingerprint density at radius 1 is 1.00 bits per heavy atom. The van der Waals surface area contributed by atoms with Crippen molar-refractivity contribution in [2.45, 2.75) is 63.6 Å². The standard InChI is InChI=1S/C25H29FN2O3/c26-20-13-11-18(12-14-20)17-28(22-8-2-1-3-9-22)25(30)19-6-4-7-21(16-19)27-24(29)23-10-5-15-31-23/h4,6-7,11-14,16,22-23H,1-3,5,8-10,15,17H2,(H,27,29). The molecule has 0 radical (unpaired) electrons. The zero-order chi connectivity index (χ0) is 21.6. The van der Waals surface area contributed by atoms with Crippen LogP contribution in [-0.2, 0) is 16.1 Å². The summed E-state index contributed by atoms with van der Waals surface area (Å²) in [6, 6.07) is 13.6. The predicted molar refractivity (Wildman–Crippen MR) is 117 cm³/mol. The Labute approximate surface area is 182 Å². The lowest BCUT2D eigenvalue weighted by Gasteiger charge is -2.34. The van der Waals surface area contributed by atoms with Crippen molar-refractivity contribution in [2.75, 3.05) is 11.9 Å². The van der Waals surface area contributed by atoms with Crippen LogP contribution >= 0.6 is 0 Å². The van der Waals surface area contributed by atoms with E-state index >= 15 is 0 Å². The molecule has 2 aliphatic rings. The van der Waals surface area contributed by atoms with Gasteiger partial charge in [0.25, 0.3) is 11.8 Å². The Hall–Kier alpha value is -2.73. The Bertz CT molecular complexity index is 903. The lowest BCUT2D eigenvalue weighted by atomic mass is 9.93. The van der Waals surface area contributed by atoms with Gasteiger partial charge in [0.2, 0.25) is 0 Å². The van der Waals surface area contributed by atoms with Crippen molar-refractivity contribution in [3.05, 3.63) is 65.5 Å². The fraction of sp³-hybridized carbons (Fsp3) is 0.440. The highest BCUT2D eigenvalue weighted by Gasteiger charge is 2.27. The highest BCUT2D eigenvalue weighted by atomic mass is 19.1.